The molecule has 0 bridgehead atoms. The van der Waals surface area contributed by atoms with Gasteiger partial charge in [0, 0.05) is 56.8 Å². The van der Waals surface area contributed by atoms with Gasteiger partial charge in [-0.25, -0.2) is 8.78 Å². The van der Waals surface area contributed by atoms with Crippen molar-refractivity contribution in [1.29, 1.82) is 0 Å². The van der Waals surface area contributed by atoms with Crippen LogP contribution in [0.4, 0.5) is 8.78 Å². The van der Waals surface area contributed by atoms with Crippen LogP contribution >= 0.6 is 0 Å². The van der Waals surface area contributed by atoms with E-state index >= 15 is 0 Å². The van der Waals surface area contributed by atoms with Crippen LogP contribution in [0.1, 0.15) is 78.4 Å². The summed E-state index contributed by atoms with van der Waals surface area (Å²) in [5.74, 6) is -4.00. The van der Waals surface area contributed by atoms with Gasteiger partial charge in [-0.15, -0.1) is 69.8 Å². The monoisotopic (exact) mass is 1070 g/mol. The van der Waals surface area contributed by atoms with E-state index in [1.54, 1.807) is 6.92 Å². The van der Waals surface area contributed by atoms with Crippen molar-refractivity contribution >= 4 is 53.8 Å². The van der Waals surface area contributed by atoms with E-state index in [0.717, 1.165) is 63.0 Å². The van der Waals surface area contributed by atoms with E-state index in [1.165, 1.54) is 26.7 Å². The Hall–Kier alpha value is -4.15. The van der Waals surface area contributed by atoms with Gasteiger partial charge in [0.1, 0.15) is 0 Å². The van der Waals surface area contributed by atoms with Crippen LogP contribution in [-0.4, -0.2) is 42.9 Å². The second-order valence-corrected chi connectivity index (χ2v) is 29.1. The SMILES string of the molecule is CCC(CC)C(=O)/C=C(\O)C(CC)CC(C)(F)F.Cc1[c-]c(-c2nccc3cc([Si](C)(C)C)ccc23)cc(C)c1.[2H]c1nc(-c2[c-]c(C)cc(C)c2)c2ccc([Si](C)(C)C)cc2c1[2H].[Ir]. The molecule has 63 heavy (non-hydrogen) atoms. The Morgan fingerprint density at radius 2 is 1.19 bits per heavy atom. The Kier molecular flexibility index (Phi) is 17.9. The number of aromatic nitrogens is 2. The Morgan fingerprint density at radius 1 is 0.730 bits per heavy atom. The Bertz CT molecular complexity index is 2590. The number of benzene rings is 4. The zero-order chi connectivity index (χ0) is 47.9. The number of carbonyl (C=O) groups excluding carboxylic acids is 1. The van der Waals surface area contributed by atoms with Crippen LogP contribution in [-0.2, 0) is 24.9 Å². The summed E-state index contributed by atoms with van der Waals surface area (Å²) in [5, 5.41) is 16.8. The average molecular weight is 1070 g/mol. The van der Waals surface area contributed by atoms with E-state index in [1.807, 2.05) is 33.0 Å². The molecule has 339 valence electrons. The maximum Gasteiger partial charge on any atom is 0.246 e. The summed E-state index contributed by atoms with van der Waals surface area (Å²) in [6.45, 7) is 28.6. The van der Waals surface area contributed by atoms with Gasteiger partial charge in [0.25, 0.3) is 0 Å². The van der Waals surface area contributed by atoms with Crippen molar-refractivity contribution in [3.05, 3.63) is 131 Å². The molecule has 0 saturated carbocycles. The van der Waals surface area contributed by atoms with Gasteiger partial charge in [0.05, 0.1) is 24.6 Å². The number of halogens is 2. The molecule has 2 heterocycles. The van der Waals surface area contributed by atoms with Gasteiger partial charge in [0.2, 0.25) is 5.92 Å². The van der Waals surface area contributed by atoms with Crippen LogP contribution in [0, 0.1) is 51.7 Å². The number of allylic oxidation sites excluding steroid dienone is 2. The maximum absolute atomic E-state index is 12.9. The van der Waals surface area contributed by atoms with Crippen molar-refractivity contribution in [2.75, 3.05) is 0 Å². The molecule has 0 aliphatic rings. The normalized spacial score (nSPS) is 13.0. The van der Waals surface area contributed by atoms with Crippen molar-refractivity contribution in [1.82, 2.24) is 9.97 Å². The van der Waals surface area contributed by atoms with Crippen LogP contribution in [0.15, 0.2) is 97.0 Å². The first-order valence-corrected chi connectivity index (χ1v) is 28.9. The number of aryl methyl sites for hydroxylation is 4. The molecule has 1 N–H and O–H groups in total. The maximum atomic E-state index is 12.9. The quantitative estimate of drug-likeness (QED) is 0.0574. The number of aliphatic hydroxyl groups is 1. The largest absolute Gasteiger partial charge is 0.512 e. The second-order valence-electron chi connectivity index (χ2n) is 18.9. The standard InChI is InChI=1S/2C20H22NSi.C14H24F2O2.Ir/c2*1-14-10-15(2)12-17(11-14)20-19-7-6-18(22(3,4)5)13-16(19)8-9-21-20;1-5-10(6-2)12(17)8-13(18)11(7-3)9-14(4,15)16;/h2*6-11,13H,1-5H3;8,10-11,18H,5-7,9H2,1-4H3;/q2*-1;;/b;;13-8-;/i8D,9D;;;. The number of fused-ring (bicyclic) bond motifs is 2. The van der Waals surface area contributed by atoms with Crippen LogP contribution in [0.2, 0.25) is 39.3 Å². The number of nitrogens with zero attached hydrogens (tertiary/aromatic N) is 2. The third-order valence-electron chi connectivity index (χ3n) is 11.1. The summed E-state index contributed by atoms with van der Waals surface area (Å²) in [7, 11) is -2.77. The second kappa shape index (κ2) is 22.7. The van der Waals surface area contributed by atoms with E-state index < -0.39 is 34.4 Å². The molecule has 6 rings (SSSR count). The summed E-state index contributed by atoms with van der Waals surface area (Å²) >= 11 is 0. The van der Waals surface area contributed by atoms with Gasteiger partial charge in [-0.05, 0) is 71.2 Å². The van der Waals surface area contributed by atoms with E-state index in [4.69, 9.17) is 2.74 Å². The number of rotatable bonds is 12. The minimum atomic E-state index is -2.83. The fraction of sp³-hybridized carbons (Fsp3) is 0.389. The number of pyridine rings is 2. The van der Waals surface area contributed by atoms with Gasteiger partial charge in [-0.3, -0.25) is 4.79 Å². The molecule has 6 aromatic rings. The molecular formula is C54H68F2IrN2O2Si2-2. The summed E-state index contributed by atoms with van der Waals surface area (Å²) in [6.07, 6.45) is 4.43. The van der Waals surface area contributed by atoms with Gasteiger partial charge in [-0.2, -0.15) is 0 Å². The van der Waals surface area contributed by atoms with E-state index in [-0.39, 0.29) is 49.8 Å². The molecule has 2 aromatic heterocycles. The number of hydrogen-bond acceptors (Lipinski definition) is 4. The molecule has 1 atom stereocenters. The molecule has 0 aliphatic heterocycles. The summed E-state index contributed by atoms with van der Waals surface area (Å²) < 4.78 is 42.3. The van der Waals surface area contributed by atoms with Crippen LogP contribution in [0.3, 0.4) is 0 Å². The number of ketones is 1. The molecule has 0 spiro atoms. The van der Waals surface area contributed by atoms with Crippen LogP contribution < -0.4 is 10.4 Å². The smallest absolute Gasteiger partial charge is 0.246 e. The van der Waals surface area contributed by atoms with Crippen molar-refractivity contribution < 1.29 is 41.5 Å². The van der Waals surface area contributed by atoms with Crippen molar-refractivity contribution in [2.45, 2.75) is 126 Å². The number of aliphatic hydroxyl groups excluding tert-OH is 1. The summed E-state index contributed by atoms with van der Waals surface area (Å²) in [5.41, 5.74) is 8.38. The molecule has 0 saturated heterocycles. The molecule has 4 aromatic carbocycles. The molecular weight excluding hydrogens is 995 g/mol. The fourth-order valence-corrected chi connectivity index (χ4v) is 9.93. The Balaban J connectivity index is 0.000000260. The Morgan fingerprint density at radius 3 is 1.63 bits per heavy atom. The number of carbonyl (C=O) groups is 1. The minimum Gasteiger partial charge on any atom is -0.512 e. The first-order chi connectivity index (χ1) is 29.8. The fourth-order valence-electron chi connectivity index (χ4n) is 7.60. The number of hydrogen-bond donors (Lipinski definition) is 1. The van der Waals surface area contributed by atoms with E-state index in [0.29, 0.717) is 19.3 Å². The van der Waals surface area contributed by atoms with Gasteiger partial charge < -0.3 is 15.1 Å². The minimum absolute atomic E-state index is 0. The number of alkyl halides is 2. The zero-order valence-electron chi connectivity index (χ0n) is 41.8. The Labute approximate surface area is 395 Å². The van der Waals surface area contributed by atoms with Crippen molar-refractivity contribution in [3.63, 3.8) is 0 Å². The predicted octanol–water partition coefficient (Wildman–Crippen LogP) is 14.2. The van der Waals surface area contributed by atoms with Gasteiger partial charge in [-0.1, -0.05) is 135 Å². The first-order valence-electron chi connectivity index (χ1n) is 22.9. The topological polar surface area (TPSA) is 63.1 Å². The van der Waals surface area contributed by atoms with Crippen LogP contribution in [0.25, 0.3) is 44.1 Å². The van der Waals surface area contributed by atoms with Gasteiger partial charge in [0.15, 0.2) is 5.78 Å². The third kappa shape index (κ3) is 15.2. The van der Waals surface area contributed by atoms with Gasteiger partial charge >= 0.3 is 0 Å². The van der Waals surface area contributed by atoms with Crippen LogP contribution in [0.5, 0.6) is 0 Å². The molecule has 0 aliphatic carbocycles. The van der Waals surface area contributed by atoms with E-state index in [2.05, 4.69) is 143 Å². The van der Waals surface area contributed by atoms with Crippen molar-refractivity contribution in [2.24, 2.45) is 11.8 Å². The van der Waals surface area contributed by atoms with Crippen molar-refractivity contribution in [3.8, 4) is 22.5 Å². The molecule has 1 unspecified atom stereocenters. The zero-order valence-corrected chi connectivity index (χ0v) is 44.2. The predicted molar refractivity (Wildman–Crippen MR) is 266 cm³/mol. The first kappa shape index (κ1) is 49.9. The average Bonchev–Trinajstić information content (AvgIpc) is 3.19. The molecule has 0 amide bonds. The molecule has 1 radical (unpaired) electrons. The summed E-state index contributed by atoms with van der Waals surface area (Å²) in [4.78, 5) is 20.8. The third-order valence-corrected chi connectivity index (χ3v) is 15.2. The molecule has 0 fully saturated rings. The molecule has 4 nitrogen and oxygen atoms in total. The molecule has 9 heteroatoms. The van der Waals surface area contributed by atoms with E-state index in [9.17, 15) is 18.7 Å². The summed E-state index contributed by atoms with van der Waals surface area (Å²) in [6, 6.07) is 30.7.